The fourth-order valence-electron chi connectivity index (χ4n) is 3.49. The van der Waals surface area contributed by atoms with E-state index in [0.29, 0.717) is 23.9 Å². The van der Waals surface area contributed by atoms with Crippen LogP contribution in [0.2, 0.25) is 0 Å². The molecule has 0 radical (unpaired) electrons. The molecule has 1 aromatic heterocycles. The average molecular weight is 342 g/mol. The molecule has 2 aliphatic rings. The number of anilines is 1. The lowest BCUT2D eigenvalue weighted by Gasteiger charge is -2.32. The lowest BCUT2D eigenvalue weighted by molar-refractivity contribution is -0.137. The second-order valence-corrected chi connectivity index (χ2v) is 7.13. The number of aromatic nitrogens is 1. The summed E-state index contributed by atoms with van der Waals surface area (Å²) < 4.78 is 5.47. The van der Waals surface area contributed by atoms with Gasteiger partial charge in [-0.25, -0.2) is 0 Å². The standard InChI is InChI=1S/C19H26N4O2/c1-23(13-14-2-3-14)19(24)17(15-5-8-25-9-6-15)12-22-18-4-7-21-11-16(18)10-20/h4,7,11,14-15,17H,2-3,5-6,8-9,12-13H2,1H3,(H,21,22). The van der Waals surface area contributed by atoms with E-state index in [1.807, 2.05) is 11.9 Å². The Morgan fingerprint density at radius 3 is 2.88 bits per heavy atom. The number of carbonyl (C=O) groups is 1. The Bertz CT molecular complexity index is 633. The molecule has 0 aromatic carbocycles. The maximum atomic E-state index is 13.0. The van der Waals surface area contributed by atoms with Gasteiger partial charge in [0.1, 0.15) is 6.07 Å². The van der Waals surface area contributed by atoms with Crippen molar-refractivity contribution in [3.8, 4) is 6.07 Å². The number of ether oxygens (including phenoxy) is 1. The van der Waals surface area contributed by atoms with Crippen LogP contribution in [0.4, 0.5) is 5.69 Å². The largest absolute Gasteiger partial charge is 0.383 e. The Morgan fingerprint density at radius 1 is 1.44 bits per heavy atom. The lowest BCUT2D eigenvalue weighted by Crippen LogP contribution is -2.42. The van der Waals surface area contributed by atoms with Crippen LogP contribution < -0.4 is 5.32 Å². The zero-order valence-electron chi connectivity index (χ0n) is 14.8. The summed E-state index contributed by atoms with van der Waals surface area (Å²) in [6, 6.07) is 3.93. The molecule has 2 fully saturated rings. The zero-order valence-corrected chi connectivity index (χ0v) is 14.8. The Morgan fingerprint density at radius 2 is 2.20 bits per heavy atom. The molecule has 1 atom stereocenters. The molecular formula is C19H26N4O2. The maximum absolute atomic E-state index is 13.0. The maximum Gasteiger partial charge on any atom is 0.227 e. The van der Waals surface area contributed by atoms with Crippen molar-refractivity contribution in [1.29, 1.82) is 5.26 Å². The molecule has 1 aliphatic carbocycles. The van der Waals surface area contributed by atoms with Gasteiger partial charge < -0.3 is 15.0 Å². The number of amides is 1. The molecule has 134 valence electrons. The van der Waals surface area contributed by atoms with E-state index in [4.69, 9.17) is 4.74 Å². The number of hydrogen-bond donors (Lipinski definition) is 1. The molecule has 0 bridgehead atoms. The van der Waals surface area contributed by atoms with Gasteiger partial charge in [-0.15, -0.1) is 0 Å². The Kier molecular flexibility index (Phi) is 5.87. The first-order chi connectivity index (χ1) is 12.2. The predicted octanol–water partition coefficient (Wildman–Crippen LogP) is 2.28. The first-order valence-electron chi connectivity index (χ1n) is 9.09. The van der Waals surface area contributed by atoms with E-state index in [0.717, 1.165) is 38.3 Å². The van der Waals surface area contributed by atoms with E-state index >= 15 is 0 Å². The average Bonchev–Trinajstić information content (AvgIpc) is 3.47. The summed E-state index contributed by atoms with van der Waals surface area (Å²) in [5, 5.41) is 12.5. The number of nitriles is 1. The predicted molar refractivity (Wildman–Crippen MR) is 94.8 cm³/mol. The van der Waals surface area contributed by atoms with Gasteiger partial charge in [-0.05, 0) is 43.6 Å². The Balaban J connectivity index is 1.68. The minimum atomic E-state index is -0.0904. The van der Waals surface area contributed by atoms with Gasteiger partial charge >= 0.3 is 0 Å². The van der Waals surface area contributed by atoms with E-state index in [1.54, 1.807) is 18.5 Å². The van der Waals surface area contributed by atoms with Crippen molar-refractivity contribution < 1.29 is 9.53 Å². The van der Waals surface area contributed by atoms with E-state index in [9.17, 15) is 10.1 Å². The molecule has 1 saturated carbocycles. The summed E-state index contributed by atoms with van der Waals surface area (Å²) in [5.41, 5.74) is 1.25. The quantitative estimate of drug-likeness (QED) is 0.822. The van der Waals surface area contributed by atoms with Gasteiger partial charge in [-0.3, -0.25) is 9.78 Å². The highest BCUT2D eigenvalue weighted by molar-refractivity contribution is 5.79. The third kappa shape index (κ3) is 4.70. The van der Waals surface area contributed by atoms with Gasteiger partial charge in [0, 0.05) is 45.7 Å². The third-order valence-corrected chi connectivity index (χ3v) is 5.21. The minimum Gasteiger partial charge on any atom is -0.383 e. The summed E-state index contributed by atoms with van der Waals surface area (Å²) in [7, 11) is 1.92. The lowest BCUT2D eigenvalue weighted by atomic mass is 9.84. The highest BCUT2D eigenvalue weighted by Crippen LogP contribution is 2.31. The Labute approximate surface area is 149 Å². The van der Waals surface area contributed by atoms with Gasteiger partial charge in [-0.2, -0.15) is 5.26 Å². The van der Waals surface area contributed by atoms with Crippen molar-refractivity contribution in [2.75, 3.05) is 38.7 Å². The topological polar surface area (TPSA) is 78.3 Å². The van der Waals surface area contributed by atoms with Crippen LogP contribution in [0.15, 0.2) is 18.5 Å². The number of nitrogens with one attached hydrogen (secondary N) is 1. The van der Waals surface area contributed by atoms with Gasteiger partial charge in [0.25, 0.3) is 0 Å². The van der Waals surface area contributed by atoms with Gasteiger partial charge in [0.05, 0.1) is 17.2 Å². The molecule has 1 N–H and O–H groups in total. The Hall–Kier alpha value is -2.13. The first kappa shape index (κ1) is 17.7. The van der Waals surface area contributed by atoms with Gasteiger partial charge in [0.15, 0.2) is 0 Å². The number of carbonyl (C=O) groups excluding carboxylic acids is 1. The van der Waals surface area contributed by atoms with Crippen molar-refractivity contribution >= 4 is 11.6 Å². The SMILES string of the molecule is CN(CC1CC1)C(=O)C(CNc1ccncc1C#N)C1CCOCC1. The second-order valence-electron chi connectivity index (χ2n) is 7.13. The molecule has 2 heterocycles. The fraction of sp³-hybridized carbons (Fsp3) is 0.632. The van der Waals surface area contributed by atoms with Crippen molar-refractivity contribution in [2.45, 2.75) is 25.7 Å². The number of nitrogens with zero attached hydrogens (tertiary/aromatic N) is 3. The van der Waals surface area contributed by atoms with Crippen LogP contribution in [0, 0.1) is 29.1 Å². The molecule has 1 aliphatic heterocycles. The summed E-state index contributed by atoms with van der Waals surface area (Å²) in [5.74, 6) is 1.12. The van der Waals surface area contributed by atoms with Crippen molar-refractivity contribution in [3.63, 3.8) is 0 Å². The smallest absolute Gasteiger partial charge is 0.227 e. The van der Waals surface area contributed by atoms with Crippen molar-refractivity contribution in [1.82, 2.24) is 9.88 Å². The highest BCUT2D eigenvalue weighted by Gasteiger charge is 2.33. The monoisotopic (exact) mass is 342 g/mol. The number of hydrogen-bond acceptors (Lipinski definition) is 5. The molecule has 3 rings (SSSR count). The molecule has 1 amide bonds. The van der Waals surface area contributed by atoms with Crippen LogP contribution in [-0.4, -0.2) is 49.1 Å². The van der Waals surface area contributed by atoms with E-state index < -0.39 is 0 Å². The van der Waals surface area contributed by atoms with E-state index in [-0.39, 0.29) is 11.8 Å². The van der Waals surface area contributed by atoms with Gasteiger partial charge in [-0.1, -0.05) is 0 Å². The molecule has 6 nitrogen and oxygen atoms in total. The number of pyridine rings is 1. The van der Waals surface area contributed by atoms with Crippen LogP contribution in [0.25, 0.3) is 0 Å². The van der Waals surface area contributed by atoms with Crippen molar-refractivity contribution in [2.24, 2.45) is 17.8 Å². The second kappa shape index (κ2) is 8.30. The first-order valence-corrected chi connectivity index (χ1v) is 9.09. The summed E-state index contributed by atoms with van der Waals surface area (Å²) in [6.45, 7) is 2.84. The molecule has 1 aromatic rings. The zero-order chi connectivity index (χ0) is 17.6. The molecule has 0 spiro atoms. The van der Waals surface area contributed by atoms with Crippen LogP contribution in [-0.2, 0) is 9.53 Å². The van der Waals surface area contributed by atoms with Gasteiger partial charge in [0.2, 0.25) is 5.91 Å². The van der Waals surface area contributed by atoms with Crippen LogP contribution >= 0.6 is 0 Å². The molecule has 25 heavy (non-hydrogen) atoms. The normalized spacial score (nSPS) is 19.0. The van der Waals surface area contributed by atoms with E-state index in [2.05, 4.69) is 16.4 Å². The summed E-state index contributed by atoms with van der Waals surface area (Å²) in [6.07, 6.45) is 7.51. The third-order valence-electron chi connectivity index (χ3n) is 5.21. The van der Waals surface area contributed by atoms with Crippen LogP contribution in [0.5, 0.6) is 0 Å². The fourth-order valence-corrected chi connectivity index (χ4v) is 3.49. The molecule has 6 heteroatoms. The number of rotatable bonds is 7. The molecule has 1 saturated heterocycles. The van der Waals surface area contributed by atoms with E-state index in [1.165, 1.54) is 12.8 Å². The van der Waals surface area contributed by atoms with Crippen LogP contribution in [0.1, 0.15) is 31.2 Å². The highest BCUT2D eigenvalue weighted by atomic mass is 16.5. The molecule has 1 unspecified atom stereocenters. The van der Waals surface area contributed by atoms with Crippen LogP contribution in [0.3, 0.4) is 0 Å². The summed E-state index contributed by atoms with van der Waals surface area (Å²) in [4.78, 5) is 18.9. The molecular weight excluding hydrogens is 316 g/mol. The summed E-state index contributed by atoms with van der Waals surface area (Å²) >= 11 is 0. The minimum absolute atomic E-state index is 0.0904. The van der Waals surface area contributed by atoms with Crippen molar-refractivity contribution in [3.05, 3.63) is 24.0 Å².